The molecule has 0 aliphatic rings. The third-order valence-electron chi connectivity index (χ3n) is 10.8. The van der Waals surface area contributed by atoms with Crippen molar-refractivity contribution in [3.63, 3.8) is 0 Å². The summed E-state index contributed by atoms with van der Waals surface area (Å²) in [7, 11) is 0. The summed E-state index contributed by atoms with van der Waals surface area (Å²) in [6, 6.07) is 0. The molecule has 0 aromatic rings. The number of carbonyl (C=O) groups is 2. The van der Waals surface area contributed by atoms with Crippen molar-refractivity contribution < 1.29 is 54.8 Å². The monoisotopic (exact) mass is 806 g/mol. The molecule has 0 saturated carbocycles. The molecule has 0 amide bonds. The van der Waals surface area contributed by atoms with Gasteiger partial charge in [-0.1, -0.05) is 156 Å². The molecule has 0 heterocycles. The van der Waals surface area contributed by atoms with Crippen LogP contribution in [0.4, 0.5) is 0 Å². The Morgan fingerprint density at radius 3 is 1.36 bits per heavy atom. The van der Waals surface area contributed by atoms with Crippen LogP contribution in [0.3, 0.4) is 0 Å². The van der Waals surface area contributed by atoms with Crippen molar-refractivity contribution in [3.8, 4) is 0 Å². The first-order chi connectivity index (χ1) is 26.7. The topological polar surface area (TPSA) is 197 Å². The molecule has 7 N–H and O–H groups in total. The SMILES string of the molecule is CCCCCCCCCCCOC(=O)CCCCCN(CCCCCCC(O)(O)C(=O)OC(CCCCCCCC)CCCCCCCC)C(O)(O)C(O)(O)O. The highest BCUT2D eigenvalue weighted by Gasteiger charge is 2.51. The van der Waals surface area contributed by atoms with Crippen LogP contribution in [0.2, 0.25) is 0 Å². The summed E-state index contributed by atoms with van der Waals surface area (Å²) < 4.78 is 11.0. The predicted molar refractivity (Wildman–Crippen MR) is 221 cm³/mol. The van der Waals surface area contributed by atoms with Gasteiger partial charge in [0.2, 0.25) is 0 Å². The minimum absolute atomic E-state index is 0.00476. The second-order valence-electron chi connectivity index (χ2n) is 16.2. The minimum Gasteiger partial charge on any atom is -0.466 e. The minimum atomic E-state index is -3.79. The molecule has 12 heteroatoms. The Bertz CT molecular complexity index is 909. The van der Waals surface area contributed by atoms with E-state index in [0.29, 0.717) is 64.4 Å². The van der Waals surface area contributed by atoms with Gasteiger partial charge in [0.25, 0.3) is 5.79 Å². The summed E-state index contributed by atoms with van der Waals surface area (Å²) in [4.78, 5) is 25.9. The van der Waals surface area contributed by atoms with E-state index >= 15 is 0 Å². The van der Waals surface area contributed by atoms with E-state index in [-0.39, 0.29) is 38.0 Å². The average molecular weight is 806 g/mol. The Hall–Kier alpha value is -1.38. The Kier molecular flexibility index (Phi) is 33.6. The molecule has 0 bridgehead atoms. The zero-order valence-corrected chi connectivity index (χ0v) is 36.0. The van der Waals surface area contributed by atoms with Gasteiger partial charge in [0.1, 0.15) is 6.10 Å². The maximum Gasteiger partial charge on any atom is 0.366 e. The Labute approximate surface area is 340 Å². The van der Waals surface area contributed by atoms with Crippen LogP contribution in [0.5, 0.6) is 0 Å². The molecule has 0 rings (SSSR count). The molecule has 0 fully saturated rings. The van der Waals surface area contributed by atoms with Gasteiger partial charge in [-0.05, 0) is 57.8 Å². The summed E-state index contributed by atoms with van der Waals surface area (Å²) in [6.07, 6.45) is 28.3. The number of esters is 2. The summed E-state index contributed by atoms with van der Waals surface area (Å²) in [6.45, 7) is 6.97. The number of hydrogen-bond donors (Lipinski definition) is 7. The zero-order chi connectivity index (χ0) is 42.0. The molecule has 0 atom stereocenters. The molecule has 0 aliphatic heterocycles. The fraction of sp³-hybridized carbons (Fsp3) is 0.955. The van der Waals surface area contributed by atoms with Crippen LogP contribution in [-0.2, 0) is 19.1 Å². The third kappa shape index (κ3) is 28.9. The first kappa shape index (κ1) is 54.6. The fourth-order valence-corrected chi connectivity index (χ4v) is 7.00. The highest BCUT2D eigenvalue weighted by atomic mass is 16.7. The smallest absolute Gasteiger partial charge is 0.366 e. The molecule has 0 aromatic carbocycles. The van der Waals surface area contributed by atoms with Crippen LogP contribution in [0.1, 0.15) is 226 Å². The van der Waals surface area contributed by atoms with Crippen molar-refractivity contribution in [1.29, 1.82) is 0 Å². The van der Waals surface area contributed by atoms with Crippen molar-refractivity contribution >= 4 is 11.9 Å². The van der Waals surface area contributed by atoms with Gasteiger partial charge in [-0.2, -0.15) is 0 Å². The maximum absolute atomic E-state index is 12.9. The van der Waals surface area contributed by atoms with Crippen LogP contribution in [-0.4, -0.2) is 96.1 Å². The van der Waals surface area contributed by atoms with E-state index < -0.39 is 23.6 Å². The number of rotatable bonds is 41. The van der Waals surface area contributed by atoms with E-state index in [4.69, 9.17) is 9.47 Å². The predicted octanol–water partition coefficient (Wildman–Crippen LogP) is 8.24. The summed E-state index contributed by atoms with van der Waals surface area (Å²) in [5, 5.41) is 70.8. The van der Waals surface area contributed by atoms with E-state index in [1.165, 1.54) is 77.0 Å². The first-order valence-electron chi connectivity index (χ1n) is 22.9. The molecule has 0 radical (unpaired) electrons. The highest BCUT2D eigenvalue weighted by Crippen LogP contribution is 2.24. The Morgan fingerprint density at radius 2 is 0.893 bits per heavy atom. The normalized spacial score (nSPS) is 12.6. The van der Waals surface area contributed by atoms with Gasteiger partial charge in [-0.25, -0.2) is 9.69 Å². The first-order valence-corrected chi connectivity index (χ1v) is 22.9. The molecule has 12 nitrogen and oxygen atoms in total. The van der Waals surface area contributed by atoms with Crippen molar-refractivity contribution in [2.75, 3.05) is 19.7 Å². The lowest BCUT2D eigenvalue weighted by Gasteiger charge is -2.39. The molecule has 0 unspecified atom stereocenters. The largest absolute Gasteiger partial charge is 0.466 e. The Morgan fingerprint density at radius 1 is 0.500 bits per heavy atom. The number of nitrogens with zero attached hydrogens (tertiary/aromatic N) is 1. The van der Waals surface area contributed by atoms with Crippen LogP contribution in [0.25, 0.3) is 0 Å². The van der Waals surface area contributed by atoms with Gasteiger partial charge in [-0.15, -0.1) is 0 Å². The number of ether oxygens (including phenoxy) is 2. The molecular formula is C44H87NO11. The van der Waals surface area contributed by atoms with E-state index in [1.54, 1.807) is 0 Å². The molecule has 334 valence electrons. The van der Waals surface area contributed by atoms with Gasteiger partial charge < -0.3 is 45.2 Å². The van der Waals surface area contributed by atoms with Crippen molar-refractivity contribution in [2.24, 2.45) is 0 Å². The standard InChI is InChI=1S/C44H87NO11/c1-4-7-10-13-16-17-18-23-31-38-55-40(46)34-27-24-30-37-45(43(50,51)44(52,53)54)36-29-22-21-28-35-42(48,49)41(47)56-39(32-25-19-14-11-8-5-2)33-26-20-15-12-9-6-3/h39,48-54H,4-38H2,1-3H3. The zero-order valence-electron chi connectivity index (χ0n) is 36.0. The van der Waals surface area contributed by atoms with Crippen LogP contribution >= 0.6 is 0 Å². The van der Waals surface area contributed by atoms with Gasteiger partial charge in [-0.3, -0.25) is 4.79 Å². The lowest BCUT2D eigenvalue weighted by atomic mass is 10.0. The van der Waals surface area contributed by atoms with Gasteiger partial charge in [0.15, 0.2) is 0 Å². The van der Waals surface area contributed by atoms with E-state index in [2.05, 4.69) is 20.8 Å². The Balaban J connectivity index is 4.61. The lowest BCUT2D eigenvalue weighted by Crippen LogP contribution is -2.65. The summed E-state index contributed by atoms with van der Waals surface area (Å²) in [5.74, 6) is -11.0. The summed E-state index contributed by atoms with van der Waals surface area (Å²) >= 11 is 0. The number of hydrogen-bond acceptors (Lipinski definition) is 12. The van der Waals surface area contributed by atoms with Gasteiger partial charge >= 0.3 is 23.8 Å². The molecule has 0 aromatic heterocycles. The van der Waals surface area contributed by atoms with Crippen LogP contribution in [0, 0.1) is 0 Å². The quantitative estimate of drug-likeness (QED) is 0.0178. The molecular weight excluding hydrogens is 718 g/mol. The fourth-order valence-electron chi connectivity index (χ4n) is 7.00. The van der Waals surface area contributed by atoms with Crippen molar-refractivity contribution in [2.45, 2.75) is 250 Å². The number of carbonyl (C=O) groups excluding carboxylic acids is 2. The highest BCUT2D eigenvalue weighted by molar-refractivity contribution is 5.77. The van der Waals surface area contributed by atoms with Gasteiger partial charge in [0.05, 0.1) is 6.61 Å². The third-order valence-corrected chi connectivity index (χ3v) is 10.8. The van der Waals surface area contributed by atoms with Crippen LogP contribution in [0.15, 0.2) is 0 Å². The van der Waals surface area contributed by atoms with E-state index in [9.17, 15) is 45.3 Å². The summed E-state index contributed by atoms with van der Waals surface area (Å²) in [5.41, 5.74) is 0. The van der Waals surface area contributed by atoms with E-state index in [1.807, 2.05) is 0 Å². The average Bonchev–Trinajstić information content (AvgIpc) is 3.14. The van der Waals surface area contributed by atoms with Gasteiger partial charge in [0, 0.05) is 25.9 Å². The van der Waals surface area contributed by atoms with Crippen LogP contribution < -0.4 is 0 Å². The van der Waals surface area contributed by atoms with Crippen molar-refractivity contribution in [1.82, 2.24) is 4.90 Å². The second-order valence-corrected chi connectivity index (χ2v) is 16.2. The molecule has 0 aliphatic carbocycles. The maximum atomic E-state index is 12.9. The van der Waals surface area contributed by atoms with Crippen molar-refractivity contribution in [3.05, 3.63) is 0 Å². The number of aliphatic hydroxyl groups is 7. The molecule has 0 spiro atoms. The van der Waals surface area contributed by atoms with E-state index in [0.717, 1.165) is 62.7 Å². The second kappa shape index (κ2) is 34.5. The number of unbranched alkanes of at least 4 members (excludes halogenated alkanes) is 23. The molecule has 56 heavy (non-hydrogen) atoms. The lowest BCUT2D eigenvalue weighted by molar-refractivity contribution is -0.486. The molecule has 0 saturated heterocycles.